The number of rotatable bonds is 5. The van der Waals surface area contributed by atoms with Crippen molar-refractivity contribution in [2.45, 2.75) is 53.6 Å². The van der Waals surface area contributed by atoms with Gasteiger partial charge in [-0.15, -0.1) is 0 Å². The Morgan fingerprint density at radius 1 is 1.08 bits per heavy atom. The topological polar surface area (TPSA) is 86.9 Å². The van der Waals surface area contributed by atoms with Crippen molar-refractivity contribution in [3.63, 3.8) is 0 Å². The molecule has 0 fully saturated rings. The number of hydrogen-bond acceptors (Lipinski definition) is 3. The molecule has 0 aliphatic heterocycles. The zero-order valence-electron chi connectivity index (χ0n) is 15.8. The van der Waals surface area contributed by atoms with Gasteiger partial charge in [0, 0.05) is 5.41 Å². The molecule has 6 heteroatoms. The van der Waals surface area contributed by atoms with Crippen LogP contribution in [-0.2, 0) is 9.59 Å². The molecular formula is C19H28N4O2. The average Bonchev–Trinajstić information content (AvgIpc) is 2.94. The minimum absolute atomic E-state index is 0.148. The fraction of sp³-hybridized carbons (Fsp3) is 0.526. The van der Waals surface area contributed by atoms with E-state index < -0.39 is 11.5 Å². The molecule has 0 aliphatic carbocycles. The number of para-hydroxylation sites is 2. The lowest BCUT2D eigenvalue weighted by atomic mass is 9.95. The van der Waals surface area contributed by atoms with E-state index in [-0.39, 0.29) is 23.8 Å². The molecule has 0 radical (unpaired) electrons. The molecular weight excluding hydrogens is 316 g/mol. The van der Waals surface area contributed by atoms with E-state index in [1.165, 1.54) is 0 Å². The van der Waals surface area contributed by atoms with Crippen molar-refractivity contribution < 1.29 is 9.59 Å². The molecule has 0 bridgehead atoms. The first-order chi connectivity index (χ1) is 11.6. The summed E-state index contributed by atoms with van der Waals surface area (Å²) in [6, 6.07) is 6.89. The minimum atomic E-state index is -0.614. The minimum Gasteiger partial charge on any atom is -0.344 e. The standard InChI is InChI=1S/C19H28N4O2/c1-11(2)15(16-21-13-9-7-8-10-14(13)22-16)23-17(24)12(3)20-18(25)19(4,5)6/h7-12,15H,1-6H3,(H,20,25)(H,21,22)(H,23,24). The summed E-state index contributed by atoms with van der Waals surface area (Å²) < 4.78 is 0. The summed E-state index contributed by atoms with van der Waals surface area (Å²) >= 11 is 0. The third-order valence-electron chi connectivity index (χ3n) is 4.09. The SMILES string of the molecule is CC(NC(=O)C(C)(C)C)C(=O)NC(c1nc2ccccc2[nH]1)C(C)C. The molecule has 1 heterocycles. The number of nitrogens with one attached hydrogen (secondary N) is 3. The lowest BCUT2D eigenvalue weighted by Gasteiger charge is -2.25. The lowest BCUT2D eigenvalue weighted by molar-refractivity contribution is -0.133. The number of fused-ring (bicyclic) bond motifs is 1. The van der Waals surface area contributed by atoms with E-state index in [0.29, 0.717) is 0 Å². The number of amides is 2. The van der Waals surface area contributed by atoms with Gasteiger partial charge in [-0.2, -0.15) is 0 Å². The maximum Gasteiger partial charge on any atom is 0.242 e. The molecule has 2 rings (SSSR count). The molecule has 0 saturated carbocycles. The molecule has 2 atom stereocenters. The van der Waals surface area contributed by atoms with Crippen molar-refractivity contribution in [1.29, 1.82) is 0 Å². The van der Waals surface area contributed by atoms with Crippen molar-refractivity contribution in [3.8, 4) is 0 Å². The van der Waals surface area contributed by atoms with E-state index in [0.717, 1.165) is 16.9 Å². The van der Waals surface area contributed by atoms with Crippen LogP contribution in [0.15, 0.2) is 24.3 Å². The molecule has 136 valence electrons. The Kier molecular flexibility index (Phi) is 5.50. The molecule has 25 heavy (non-hydrogen) atoms. The van der Waals surface area contributed by atoms with Gasteiger partial charge < -0.3 is 15.6 Å². The average molecular weight is 344 g/mol. The van der Waals surface area contributed by atoms with E-state index in [4.69, 9.17) is 0 Å². The number of nitrogens with zero attached hydrogens (tertiary/aromatic N) is 1. The van der Waals surface area contributed by atoms with Gasteiger partial charge in [0.1, 0.15) is 11.9 Å². The number of aromatic nitrogens is 2. The van der Waals surface area contributed by atoms with Crippen molar-refractivity contribution in [2.24, 2.45) is 11.3 Å². The largest absolute Gasteiger partial charge is 0.344 e. The highest BCUT2D eigenvalue weighted by molar-refractivity contribution is 5.89. The summed E-state index contributed by atoms with van der Waals surface area (Å²) in [5, 5.41) is 5.76. The van der Waals surface area contributed by atoms with Gasteiger partial charge in [-0.25, -0.2) is 4.98 Å². The molecule has 2 unspecified atom stereocenters. The van der Waals surface area contributed by atoms with Crippen molar-refractivity contribution in [3.05, 3.63) is 30.1 Å². The molecule has 0 spiro atoms. The van der Waals surface area contributed by atoms with Crippen LogP contribution in [0.3, 0.4) is 0 Å². The van der Waals surface area contributed by atoms with Gasteiger partial charge in [0.05, 0.1) is 17.1 Å². The van der Waals surface area contributed by atoms with Gasteiger partial charge in [-0.3, -0.25) is 9.59 Å². The second-order valence-corrected chi connectivity index (χ2v) is 7.81. The van der Waals surface area contributed by atoms with Crippen LogP contribution in [0.2, 0.25) is 0 Å². The van der Waals surface area contributed by atoms with Crippen molar-refractivity contribution in [1.82, 2.24) is 20.6 Å². The molecule has 2 aromatic rings. The number of aromatic amines is 1. The number of carbonyl (C=O) groups excluding carboxylic acids is 2. The van der Waals surface area contributed by atoms with Crippen LogP contribution < -0.4 is 10.6 Å². The van der Waals surface area contributed by atoms with Crippen LogP contribution >= 0.6 is 0 Å². The van der Waals surface area contributed by atoms with E-state index in [1.807, 2.05) is 58.9 Å². The zero-order valence-corrected chi connectivity index (χ0v) is 15.8. The third kappa shape index (κ3) is 4.59. The molecule has 2 amide bonds. The summed E-state index contributed by atoms with van der Waals surface area (Å²) in [6.45, 7) is 11.2. The predicted molar refractivity (Wildman–Crippen MR) is 98.9 cm³/mol. The summed E-state index contributed by atoms with van der Waals surface area (Å²) in [5.74, 6) is 0.491. The van der Waals surface area contributed by atoms with Crippen LogP contribution in [0, 0.1) is 11.3 Å². The Morgan fingerprint density at radius 2 is 1.72 bits per heavy atom. The molecule has 0 saturated heterocycles. The molecule has 6 nitrogen and oxygen atoms in total. The van der Waals surface area contributed by atoms with Gasteiger partial charge in [-0.05, 0) is 25.0 Å². The maximum atomic E-state index is 12.5. The van der Waals surface area contributed by atoms with Gasteiger partial charge in [-0.1, -0.05) is 46.8 Å². The smallest absolute Gasteiger partial charge is 0.242 e. The van der Waals surface area contributed by atoms with Crippen LogP contribution in [0.4, 0.5) is 0 Å². The van der Waals surface area contributed by atoms with E-state index in [2.05, 4.69) is 20.6 Å². The Balaban J connectivity index is 2.13. The maximum absolute atomic E-state index is 12.5. The normalized spacial score (nSPS) is 14.4. The van der Waals surface area contributed by atoms with Crippen LogP contribution in [0.5, 0.6) is 0 Å². The Labute approximate surface area is 148 Å². The monoisotopic (exact) mass is 344 g/mol. The Morgan fingerprint density at radius 3 is 2.28 bits per heavy atom. The van der Waals surface area contributed by atoms with Crippen LogP contribution in [0.1, 0.15) is 53.4 Å². The van der Waals surface area contributed by atoms with E-state index in [1.54, 1.807) is 6.92 Å². The van der Waals surface area contributed by atoms with Crippen molar-refractivity contribution in [2.75, 3.05) is 0 Å². The fourth-order valence-corrected chi connectivity index (χ4v) is 2.43. The molecule has 0 aliphatic rings. The number of H-pyrrole nitrogens is 1. The first-order valence-corrected chi connectivity index (χ1v) is 8.65. The summed E-state index contributed by atoms with van der Waals surface area (Å²) in [4.78, 5) is 32.5. The van der Waals surface area contributed by atoms with E-state index >= 15 is 0 Å². The number of carbonyl (C=O) groups is 2. The Hall–Kier alpha value is -2.37. The lowest BCUT2D eigenvalue weighted by Crippen LogP contribution is -2.49. The number of imidazole rings is 1. The quantitative estimate of drug-likeness (QED) is 0.779. The molecule has 1 aromatic carbocycles. The van der Waals surface area contributed by atoms with E-state index in [9.17, 15) is 9.59 Å². The first kappa shape index (κ1) is 19.0. The number of hydrogen-bond donors (Lipinski definition) is 3. The third-order valence-corrected chi connectivity index (χ3v) is 4.09. The first-order valence-electron chi connectivity index (χ1n) is 8.65. The second-order valence-electron chi connectivity index (χ2n) is 7.81. The van der Waals surface area contributed by atoms with Crippen LogP contribution in [-0.4, -0.2) is 27.8 Å². The number of benzene rings is 1. The zero-order chi connectivity index (χ0) is 18.8. The summed E-state index contributed by atoms with van der Waals surface area (Å²) in [6.07, 6.45) is 0. The van der Waals surface area contributed by atoms with Crippen molar-refractivity contribution >= 4 is 22.8 Å². The summed E-state index contributed by atoms with van der Waals surface area (Å²) in [5.41, 5.74) is 1.27. The molecule has 3 N–H and O–H groups in total. The predicted octanol–water partition coefficient (Wildman–Crippen LogP) is 2.93. The summed E-state index contributed by atoms with van der Waals surface area (Å²) in [7, 11) is 0. The van der Waals surface area contributed by atoms with Gasteiger partial charge in [0.2, 0.25) is 11.8 Å². The van der Waals surface area contributed by atoms with Gasteiger partial charge in [0.25, 0.3) is 0 Å². The second kappa shape index (κ2) is 7.25. The van der Waals surface area contributed by atoms with Crippen LogP contribution in [0.25, 0.3) is 11.0 Å². The van der Waals surface area contributed by atoms with Gasteiger partial charge in [0.15, 0.2) is 0 Å². The van der Waals surface area contributed by atoms with Gasteiger partial charge >= 0.3 is 0 Å². The highest BCUT2D eigenvalue weighted by Crippen LogP contribution is 2.22. The highest BCUT2D eigenvalue weighted by Gasteiger charge is 2.28. The molecule has 1 aromatic heterocycles. The highest BCUT2D eigenvalue weighted by atomic mass is 16.2. The fourth-order valence-electron chi connectivity index (χ4n) is 2.43. The Bertz CT molecular complexity index is 725.